The lowest BCUT2D eigenvalue weighted by atomic mass is 9.93. The fourth-order valence-electron chi connectivity index (χ4n) is 2.96. The van der Waals surface area contributed by atoms with Gasteiger partial charge in [0.15, 0.2) is 0 Å². The van der Waals surface area contributed by atoms with Gasteiger partial charge in [-0.2, -0.15) is 4.98 Å². The van der Waals surface area contributed by atoms with Gasteiger partial charge in [0.1, 0.15) is 5.82 Å². The first-order chi connectivity index (χ1) is 11.9. The van der Waals surface area contributed by atoms with Crippen molar-refractivity contribution in [1.29, 1.82) is 0 Å². The summed E-state index contributed by atoms with van der Waals surface area (Å²) in [4.78, 5) is 22.7. The minimum atomic E-state index is -0.0306. The van der Waals surface area contributed by atoms with Gasteiger partial charge in [-0.05, 0) is 41.8 Å². The summed E-state index contributed by atoms with van der Waals surface area (Å²) in [7, 11) is 5.30. The number of nitrogens with two attached hydrogens (primary N) is 1. The van der Waals surface area contributed by atoms with Crippen LogP contribution in [0.25, 0.3) is 22.0 Å². The zero-order valence-electron chi connectivity index (χ0n) is 14.8. The topological polar surface area (TPSA) is 84.1 Å². The monoisotopic (exact) mass is 335 g/mol. The van der Waals surface area contributed by atoms with Crippen LogP contribution < -0.4 is 11.1 Å². The molecule has 0 spiro atoms. The second-order valence-electron chi connectivity index (χ2n) is 6.11. The van der Waals surface area contributed by atoms with Crippen LogP contribution in [0.15, 0.2) is 36.4 Å². The van der Waals surface area contributed by atoms with Crippen molar-refractivity contribution in [3.63, 3.8) is 0 Å². The highest BCUT2D eigenvalue weighted by molar-refractivity contribution is 6.03. The average molecular weight is 335 g/mol. The summed E-state index contributed by atoms with van der Waals surface area (Å²) in [6, 6.07) is 11.6. The Kier molecular flexibility index (Phi) is 4.27. The maximum absolute atomic E-state index is 12.6. The maximum Gasteiger partial charge on any atom is 0.253 e. The van der Waals surface area contributed by atoms with Gasteiger partial charge >= 0.3 is 0 Å². The van der Waals surface area contributed by atoms with Crippen molar-refractivity contribution in [2.75, 3.05) is 32.2 Å². The normalized spacial score (nSPS) is 10.7. The number of hydrogen-bond donors (Lipinski definition) is 2. The van der Waals surface area contributed by atoms with Crippen LogP contribution in [0.4, 0.5) is 11.8 Å². The van der Waals surface area contributed by atoms with Gasteiger partial charge in [0, 0.05) is 32.1 Å². The highest BCUT2D eigenvalue weighted by Gasteiger charge is 2.17. The fourth-order valence-corrected chi connectivity index (χ4v) is 2.96. The van der Waals surface area contributed by atoms with Crippen molar-refractivity contribution in [3.8, 4) is 11.1 Å². The summed E-state index contributed by atoms with van der Waals surface area (Å²) >= 11 is 0. The molecular formula is C19H21N5O. The Labute approximate surface area is 146 Å². The zero-order valence-corrected chi connectivity index (χ0v) is 14.8. The molecule has 0 unspecified atom stereocenters. The Balaban J connectivity index is 2.25. The first-order valence-electron chi connectivity index (χ1n) is 7.99. The lowest BCUT2D eigenvalue weighted by molar-refractivity contribution is 0.0828. The molecule has 0 aliphatic carbocycles. The number of fused-ring (bicyclic) bond motifs is 1. The second-order valence-corrected chi connectivity index (χ2v) is 6.11. The standard InChI is InChI=1S/C19H21N5O/c1-11-6-5-7-14(18(25)24(3)4)16(11)12-8-9-13-15(10-12)22-19(20)23-17(13)21-2/h5-10H,1-4H3,(H3,20,21,22,23). The predicted octanol–water partition coefficient (Wildman–Crippen LogP) is 2.93. The minimum absolute atomic E-state index is 0.0306. The van der Waals surface area contributed by atoms with Crippen LogP contribution in [-0.2, 0) is 0 Å². The number of nitrogens with one attached hydrogen (secondary N) is 1. The summed E-state index contributed by atoms with van der Waals surface area (Å²) in [5.74, 6) is 0.865. The molecule has 3 rings (SSSR count). The van der Waals surface area contributed by atoms with E-state index >= 15 is 0 Å². The molecule has 0 radical (unpaired) electrons. The number of hydrogen-bond acceptors (Lipinski definition) is 5. The zero-order chi connectivity index (χ0) is 18.1. The molecule has 0 aliphatic rings. The molecule has 25 heavy (non-hydrogen) atoms. The number of nitrogens with zero attached hydrogens (tertiary/aromatic N) is 3. The van der Waals surface area contributed by atoms with Crippen molar-refractivity contribution in [3.05, 3.63) is 47.5 Å². The third-order valence-corrected chi connectivity index (χ3v) is 4.15. The van der Waals surface area contributed by atoms with E-state index in [9.17, 15) is 4.79 Å². The van der Waals surface area contributed by atoms with E-state index in [0.29, 0.717) is 11.4 Å². The van der Waals surface area contributed by atoms with E-state index in [4.69, 9.17) is 5.73 Å². The number of benzene rings is 2. The first-order valence-corrected chi connectivity index (χ1v) is 7.99. The Morgan fingerprint density at radius 3 is 2.60 bits per heavy atom. The largest absolute Gasteiger partial charge is 0.372 e. The van der Waals surface area contributed by atoms with Crippen LogP contribution in [0.3, 0.4) is 0 Å². The van der Waals surface area contributed by atoms with E-state index in [-0.39, 0.29) is 11.9 Å². The molecule has 1 heterocycles. The molecule has 0 aliphatic heterocycles. The van der Waals surface area contributed by atoms with Crippen LogP contribution in [0.1, 0.15) is 15.9 Å². The van der Waals surface area contributed by atoms with E-state index in [1.54, 1.807) is 26.0 Å². The van der Waals surface area contributed by atoms with Gasteiger partial charge in [-0.3, -0.25) is 4.79 Å². The van der Waals surface area contributed by atoms with Crippen molar-refractivity contribution >= 4 is 28.6 Å². The molecule has 0 atom stereocenters. The van der Waals surface area contributed by atoms with Gasteiger partial charge in [0.2, 0.25) is 5.95 Å². The summed E-state index contributed by atoms with van der Waals surface area (Å²) in [6.07, 6.45) is 0. The van der Waals surface area contributed by atoms with Crippen molar-refractivity contribution in [2.45, 2.75) is 6.92 Å². The van der Waals surface area contributed by atoms with E-state index in [1.165, 1.54) is 0 Å². The Morgan fingerprint density at radius 1 is 1.16 bits per heavy atom. The fraction of sp³-hybridized carbons (Fsp3) is 0.211. The van der Waals surface area contributed by atoms with Gasteiger partial charge in [-0.1, -0.05) is 18.2 Å². The van der Waals surface area contributed by atoms with Gasteiger partial charge in [0.25, 0.3) is 5.91 Å². The third kappa shape index (κ3) is 2.98. The van der Waals surface area contributed by atoms with Gasteiger partial charge in [-0.15, -0.1) is 0 Å². The number of amides is 1. The van der Waals surface area contributed by atoms with Crippen molar-refractivity contribution in [2.24, 2.45) is 0 Å². The van der Waals surface area contributed by atoms with Crippen LogP contribution in [0, 0.1) is 6.92 Å². The van der Waals surface area contributed by atoms with Crippen LogP contribution in [0.2, 0.25) is 0 Å². The number of anilines is 2. The third-order valence-electron chi connectivity index (χ3n) is 4.15. The predicted molar refractivity (Wildman–Crippen MR) is 102 cm³/mol. The average Bonchev–Trinajstić information content (AvgIpc) is 2.59. The van der Waals surface area contributed by atoms with E-state index in [1.807, 2.05) is 43.3 Å². The lowest BCUT2D eigenvalue weighted by Crippen LogP contribution is -2.22. The van der Waals surface area contributed by atoms with E-state index < -0.39 is 0 Å². The van der Waals surface area contributed by atoms with Gasteiger partial charge < -0.3 is 16.0 Å². The Hall–Kier alpha value is -3.15. The summed E-state index contributed by atoms with van der Waals surface area (Å²) in [6.45, 7) is 2.00. The van der Waals surface area contributed by atoms with Crippen LogP contribution in [-0.4, -0.2) is 41.9 Å². The number of nitrogen functional groups attached to an aromatic ring is 1. The smallest absolute Gasteiger partial charge is 0.253 e. The minimum Gasteiger partial charge on any atom is -0.372 e. The van der Waals surface area contributed by atoms with Crippen molar-refractivity contribution < 1.29 is 4.79 Å². The summed E-state index contributed by atoms with van der Waals surface area (Å²) in [5, 5.41) is 3.92. The summed E-state index contributed by atoms with van der Waals surface area (Å²) in [5.41, 5.74) is 10.1. The second kappa shape index (κ2) is 6.39. The maximum atomic E-state index is 12.6. The molecular weight excluding hydrogens is 314 g/mol. The molecule has 0 saturated carbocycles. The van der Waals surface area contributed by atoms with E-state index in [2.05, 4.69) is 15.3 Å². The quantitative estimate of drug-likeness (QED) is 0.769. The molecule has 3 aromatic rings. The van der Waals surface area contributed by atoms with Gasteiger partial charge in [0.05, 0.1) is 5.52 Å². The summed E-state index contributed by atoms with van der Waals surface area (Å²) < 4.78 is 0. The number of aromatic nitrogens is 2. The molecule has 3 N–H and O–H groups in total. The highest BCUT2D eigenvalue weighted by atomic mass is 16.2. The molecule has 128 valence electrons. The van der Waals surface area contributed by atoms with Crippen LogP contribution in [0.5, 0.6) is 0 Å². The molecule has 0 saturated heterocycles. The Bertz CT molecular complexity index is 965. The number of aryl methyl sites for hydroxylation is 1. The molecule has 0 bridgehead atoms. The first kappa shape index (κ1) is 16.7. The molecule has 0 fully saturated rings. The molecule has 6 heteroatoms. The van der Waals surface area contributed by atoms with Gasteiger partial charge in [-0.25, -0.2) is 4.98 Å². The lowest BCUT2D eigenvalue weighted by Gasteiger charge is -2.17. The number of carbonyl (C=O) groups is 1. The molecule has 1 aromatic heterocycles. The van der Waals surface area contributed by atoms with E-state index in [0.717, 1.165) is 27.6 Å². The SMILES string of the molecule is CNc1nc(N)nc2cc(-c3c(C)cccc3C(=O)N(C)C)ccc12. The van der Waals surface area contributed by atoms with Crippen molar-refractivity contribution in [1.82, 2.24) is 14.9 Å². The highest BCUT2D eigenvalue weighted by Crippen LogP contribution is 2.32. The Morgan fingerprint density at radius 2 is 1.92 bits per heavy atom. The van der Waals surface area contributed by atoms with Crippen LogP contribution >= 0.6 is 0 Å². The number of carbonyl (C=O) groups excluding carboxylic acids is 1. The molecule has 1 amide bonds. The molecule has 2 aromatic carbocycles. The number of rotatable bonds is 3. The molecule has 6 nitrogen and oxygen atoms in total.